The van der Waals surface area contributed by atoms with Crippen LogP contribution < -0.4 is 16.4 Å². The van der Waals surface area contributed by atoms with Crippen LogP contribution in [0.25, 0.3) is 0 Å². The molecule has 5 heteroatoms. The molecule has 18 heavy (non-hydrogen) atoms. The second kappa shape index (κ2) is 6.96. The van der Waals surface area contributed by atoms with Gasteiger partial charge in [0.25, 0.3) is 0 Å². The van der Waals surface area contributed by atoms with Crippen LogP contribution in [0.5, 0.6) is 0 Å². The monoisotopic (exact) mass is 253 g/mol. The molecule has 0 spiro atoms. The van der Waals surface area contributed by atoms with E-state index < -0.39 is 0 Å². The van der Waals surface area contributed by atoms with Crippen LogP contribution in [0.2, 0.25) is 0 Å². The number of nitrogens with one attached hydrogen (secondary N) is 2. The van der Waals surface area contributed by atoms with Crippen molar-refractivity contribution in [3.05, 3.63) is 30.1 Å². The zero-order valence-corrected chi connectivity index (χ0v) is 10.7. The van der Waals surface area contributed by atoms with E-state index in [-0.39, 0.29) is 30.2 Å². The molecule has 0 aliphatic carbocycles. The summed E-state index contributed by atoms with van der Waals surface area (Å²) in [4.78, 5) is 11.6. The van der Waals surface area contributed by atoms with Crippen LogP contribution in [0.1, 0.15) is 20.3 Å². The fourth-order valence-corrected chi connectivity index (χ4v) is 1.61. The first-order chi connectivity index (χ1) is 8.51. The van der Waals surface area contributed by atoms with Crippen molar-refractivity contribution in [1.29, 1.82) is 0 Å². The van der Waals surface area contributed by atoms with Gasteiger partial charge in [0.1, 0.15) is 5.82 Å². The molecule has 1 atom stereocenters. The predicted molar refractivity (Wildman–Crippen MR) is 70.8 cm³/mol. The topological polar surface area (TPSA) is 67.2 Å². The van der Waals surface area contributed by atoms with Crippen LogP contribution in [-0.2, 0) is 4.79 Å². The Morgan fingerprint density at radius 1 is 1.44 bits per heavy atom. The van der Waals surface area contributed by atoms with Crippen molar-refractivity contribution in [2.45, 2.75) is 32.4 Å². The van der Waals surface area contributed by atoms with Crippen molar-refractivity contribution in [3.8, 4) is 0 Å². The third kappa shape index (κ3) is 5.14. The average molecular weight is 253 g/mol. The Bertz CT molecular complexity index is 396. The largest absolute Gasteiger partial charge is 0.380 e. The molecular weight excluding hydrogens is 233 g/mol. The lowest BCUT2D eigenvalue weighted by molar-refractivity contribution is -0.121. The maximum Gasteiger partial charge on any atom is 0.222 e. The lowest BCUT2D eigenvalue weighted by atomic mass is 10.1. The lowest BCUT2D eigenvalue weighted by Gasteiger charge is -2.18. The van der Waals surface area contributed by atoms with E-state index in [1.165, 1.54) is 12.1 Å². The first-order valence-corrected chi connectivity index (χ1v) is 6.02. The second-order valence-electron chi connectivity index (χ2n) is 4.51. The fraction of sp³-hybridized carbons (Fsp3) is 0.462. The Morgan fingerprint density at radius 3 is 2.72 bits per heavy atom. The summed E-state index contributed by atoms with van der Waals surface area (Å²) in [5, 5.41) is 5.84. The molecule has 0 aromatic heterocycles. The fourth-order valence-electron chi connectivity index (χ4n) is 1.61. The molecule has 0 aliphatic heterocycles. The van der Waals surface area contributed by atoms with Crippen molar-refractivity contribution in [1.82, 2.24) is 5.32 Å². The van der Waals surface area contributed by atoms with E-state index in [1.54, 1.807) is 12.1 Å². The van der Waals surface area contributed by atoms with Gasteiger partial charge in [-0.1, -0.05) is 6.07 Å². The summed E-state index contributed by atoms with van der Waals surface area (Å²) < 4.78 is 13.0. The molecule has 0 saturated carbocycles. The van der Waals surface area contributed by atoms with Crippen molar-refractivity contribution in [3.63, 3.8) is 0 Å². The van der Waals surface area contributed by atoms with E-state index in [1.807, 2.05) is 13.8 Å². The van der Waals surface area contributed by atoms with Crippen molar-refractivity contribution in [2.24, 2.45) is 5.73 Å². The summed E-state index contributed by atoms with van der Waals surface area (Å²) >= 11 is 0. The first-order valence-electron chi connectivity index (χ1n) is 6.02. The quantitative estimate of drug-likeness (QED) is 0.719. The molecule has 1 rings (SSSR count). The van der Waals surface area contributed by atoms with Gasteiger partial charge < -0.3 is 16.4 Å². The highest BCUT2D eigenvalue weighted by Crippen LogP contribution is 2.11. The smallest absolute Gasteiger partial charge is 0.222 e. The molecule has 100 valence electrons. The van der Waals surface area contributed by atoms with E-state index in [9.17, 15) is 9.18 Å². The number of amides is 1. The maximum atomic E-state index is 13.0. The molecule has 1 aromatic rings. The molecule has 4 nitrogen and oxygen atoms in total. The summed E-state index contributed by atoms with van der Waals surface area (Å²) in [5.41, 5.74) is 6.23. The van der Waals surface area contributed by atoms with Gasteiger partial charge in [0, 0.05) is 30.7 Å². The lowest BCUT2D eigenvalue weighted by Crippen LogP contribution is -2.38. The zero-order chi connectivity index (χ0) is 13.5. The minimum absolute atomic E-state index is 0.0654. The number of carbonyl (C=O) groups is 1. The van der Waals surface area contributed by atoms with E-state index >= 15 is 0 Å². The number of anilines is 1. The highest BCUT2D eigenvalue weighted by molar-refractivity contribution is 5.77. The highest BCUT2D eigenvalue weighted by atomic mass is 19.1. The Kier molecular flexibility index (Phi) is 5.58. The molecule has 1 aromatic carbocycles. The number of halogens is 1. The van der Waals surface area contributed by atoms with Gasteiger partial charge in [-0.05, 0) is 32.0 Å². The number of nitrogens with two attached hydrogens (primary N) is 1. The molecule has 0 aliphatic rings. The van der Waals surface area contributed by atoms with Gasteiger partial charge in [0.2, 0.25) is 5.91 Å². The summed E-state index contributed by atoms with van der Waals surface area (Å²) in [5.74, 6) is -0.383. The molecule has 0 bridgehead atoms. The van der Waals surface area contributed by atoms with Gasteiger partial charge in [-0.15, -0.1) is 0 Å². The van der Waals surface area contributed by atoms with Gasteiger partial charge in [0.05, 0.1) is 0 Å². The molecule has 1 amide bonds. The van der Waals surface area contributed by atoms with Crippen molar-refractivity contribution >= 4 is 11.6 Å². The molecule has 0 fully saturated rings. The van der Waals surface area contributed by atoms with E-state index in [4.69, 9.17) is 5.73 Å². The van der Waals surface area contributed by atoms with Crippen LogP contribution in [-0.4, -0.2) is 24.5 Å². The Morgan fingerprint density at radius 2 is 2.17 bits per heavy atom. The number of rotatable bonds is 6. The number of benzene rings is 1. The SMILES string of the molecule is CC(C)NC(=O)CC(CN)Nc1cccc(F)c1. The standard InChI is InChI=1S/C13H20FN3O/c1-9(2)16-13(18)7-12(8-15)17-11-5-3-4-10(14)6-11/h3-6,9,12,17H,7-8,15H2,1-2H3,(H,16,18). The minimum Gasteiger partial charge on any atom is -0.380 e. The molecular formula is C13H20FN3O. The van der Waals surface area contributed by atoms with Crippen LogP contribution >= 0.6 is 0 Å². The molecule has 0 saturated heterocycles. The van der Waals surface area contributed by atoms with Gasteiger partial charge in [-0.3, -0.25) is 4.79 Å². The van der Waals surface area contributed by atoms with E-state index in [0.717, 1.165) is 0 Å². The Hall–Kier alpha value is -1.62. The Labute approximate surface area is 107 Å². The summed E-state index contributed by atoms with van der Waals surface area (Å²) in [6.07, 6.45) is 0.269. The van der Waals surface area contributed by atoms with E-state index in [0.29, 0.717) is 12.2 Å². The molecule has 1 unspecified atom stereocenters. The average Bonchev–Trinajstić information content (AvgIpc) is 2.27. The number of carbonyl (C=O) groups excluding carboxylic acids is 1. The van der Waals surface area contributed by atoms with Gasteiger partial charge in [0.15, 0.2) is 0 Å². The van der Waals surface area contributed by atoms with Gasteiger partial charge in [-0.2, -0.15) is 0 Å². The van der Waals surface area contributed by atoms with Crippen LogP contribution in [0.4, 0.5) is 10.1 Å². The molecule has 4 N–H and O–H groups in total. The molecule has 0 heterocycles. The van der Waals surface area contributed by atoms with Crippen LogP contribution in [0.15, 0.2) is 24.3 Å². The van der Waals surface area contributed by atoms with E-state index in [2.05, 4.69) is 10.6 Å². The molecule has 0 radical (unpaired) electrons. The predicted octanol–water partition coefficient (Wildman–Crippen LogP) is 1.48. The third-order valence-electron chi connectivity index (χ3n) is 2.36. The van der Waals surface area contributed by atoms with Crippen molar-refractivity contribution < 1.29 is 9.18 Å². The highest BCUT2D eigenvalue weighted by Gasteiger charge is 2.13. The normalized spacial score (nSPS) is 12.3. The number of hydrogen-bond donors (Lipinski definition) is 3. The summed E-state index contributed by atoms with van der Waals surface area (Å²) in [6.45, 7) is 4.10. The van der Waals surface area contributed by atoms with Gasteiger partial charge >= 0.3 is 0 Å². The third-order valence-corrected chi connectivity index (χ3v) is 2.36. The second-order valence-corrected chi connectivity index (χ2v) is 4.51. The van der Waals surface area contributed by atoms with Gasteiger partial charge in [-0.25, -0.2) is 4.39 Å². The Balaban J connectivity index is 2.54. The maximum absolute atomic E-state index is 13.0. The first kappa shape index (κ1) is 14.4. The number of hydrogen-bond acceptors (Lipinski definition) is 3. The summed E-state index contributed by atoms with van der Waals surface area (Å²) in [6, 6.07) is 6.00. The zero-order valence-electron chi connectivity index (χ0n) is 10.7. The summed E-state index contributed by atoms with van der Waals surface area (Å²) in [7, 11) is 0. The van der Waals surface area contributed by atoms with Crippen molar-refractivity contribution in [2.75, 3.05) is 11.9 Å². The van der Waals surface area contributed by atoms with Crippen LogP contribution in [0, 0.1) is 5.82 Å². The van der Waals surface area contributed by atoms with Crippen LogP contribution in [0.3, 0.4) is 0 Å². The minimum atomic E-state index is -0.317.